The number of aromatic nitrogens is 1. The number of amides is 2. The molecule has 1 saturated heterocycles. The number of urea groups is 1. The number of nitrogens with zero attached hydrogens (tertiary/aromatic N) is 2. The molecule has 2 heterocycles. The lowest BCUT2D eigenvalue weighted by Crippen LogP contribution is -2.39. The zero-order chi connectivity index (χ0) is 21.1. The first-order valence-corrected chi connectivity index (χ1v) is 10.2. The Labute approximate surface area is 173 Å². The number of pyridine rings is 1. The number of piperidine rings is 1. The molecule has 8 heteroatoms. The van der Waals surface area contributed by atoms with Gasteiger partial charge in [-0.15, -0.1) is 0 Å². The molecular formula is C22H24F3N3O2. The Hall–Kier alpha value is -2.77. The fraction of sp³-hybridized carbons (Fsp3) is 0.455. The molecule has 1 saturated carbocycles. The van der Waals surface area contributed by atoms with Gasteiger partial charge in [0, 0.05) is 32.1 Å². The summed E-state index contributed by atoms with van der Waals surface area (Å²) in [5.74, 6) is 1.65. The first-order valence-electron chi connectivity index (χ1n) is 10.2. The third-order valence-electron chi connectivity index (χ3n) is 5.84. The van der Waals surface area contributed by atoms with E-state index in [1.165, 1.54) is 0 Å². The van der Waals surface area contributed by atoms with Crippen molar-refractivity contribution in [3.63, 3.8) is 0 Å². The Kier molecular flexibility index (Phi) is 6.11. The summed E-state index contributed by atoms with van der Waals surface area (Å²) < 4.78 is 43.0. The minimum Gasteiger partial charge on any atom is -0.460 e. The Morgan fingerprint density at radius 1 is 1.17 bits per heavy atom. The van der Waals surface area contributed by atoms with E-state index in [1.807, 2.05) is 17.0 Å². The molecule has 2 aromatic rings. The van der Waals surface area contributed by atoms with Crippen molar-refractivity contribution in [1.82, 2.24) is 9.88 Å². The van der Waals surface area contributed by atoms with E-state index in [4.69, 9.17) is 4.74 Å². The Morgan fingerprint density at radius 2 is 1.97 bits per heavy atom. The van der Waals surface area contributed by atoms with Gasteiger partial charge in [0.1, 0.15) is 5.75 Å². The van der Waals surface area contributed by atoms with Crippen molar-refractivity contribution < 1.29 is 22.7 Å². The minimum atomic E-state index is -2.53. The number of carbonyl (C=O) groups excluding carboxylic acids is 1. The van der Waals surface area contributed by atoms with Gasteiger partial charge >= 0.3 is 6.03 Å². The number of carbonyl (C=O) groups is 1. The molecule has 2 fully saturated rings. The molecule has 2 amide bonds. The molecule has 5 nitrogen and oxygen atoms in total. The van der Waals surface area contributed by atoms with Gasteiger partial charge in [-0.25, -0.2) is 18.0 Å². The number of benzene rings is 1. The van der Waals surface area contributed by atoms with Gasteiger partial charge in [0.2, 0.25) is 12.8 Å². The lowest BCUT2D eigenvalue weighted by Gasteiger charge is -2.26. The summed E-state index contributed by atoms with van der Waals surface area (Å²) in [7, 11) is 0. The number of anilines is 1. The van der Waals surface area contributed by atoms with E-state index in [2.05, 4.69) is 10.3 Å². The van der Waals surface area contributed by atoms with Gasteiger partial charge in [0.05, 0.1) is 11.9 Å². The number of alkyl halides is 3. The first kappa shape index (κ1) is 20.5. The number of rotatable bonds is 7. The van der Waals surface area contributed by atoms with Gasteiger partial charge < -0.3 is 15.0 Å². The molecule has 0 bridgehead atoms. The maximum absolute atomic E-state index is 13.6. The molecule has 1 aliphatic heterocycles. The second-order valence-corrected chi connectivity index (χ2v) is 7.83. The van der Waals surface area contributed by atoms with Gasteiger partial charge in [-0.2, -0.15) is 0 Å². The van der Waals surface area contributed by atoms with Crippen LogP contribution in [-0.4, -0.2) is 41.8 Å². The molecule has 4 unspecified atom stereocenters. The third-order valence-corrected chi connectivity index (χ3v) is 5.84. The maximum Gasteiger partial charge on any atom is 0.321 e. The van der Waals surface area contributed by atoms with Crippen molar-refractivity contribution in [2.75, 3.05) is 18.4 Å². The average Bonchev–Trinajstić information content (AvgIpc) is 3.47. The van der Waals surface area contributed by atoms with Crippen LogP contribution in [0, 0.1) is 11.8 Å². The molecule has 4 rings (SSSR count). The minimum absolute atomic E-state index is 0.117. The Morgan fingerprint density at radius 3 is 2.67 bits per heavy atom. The topological polar surface area (TPSA) is 54.5 Å². The van der Waals surface area contributed by atoms with E-state index >= 15 is 0 Å². The van der Waals surface area contributed by atoms with Crippen LogP contribution in [0.1, 0.15) is 30.7 Å². The number of nitrogens with one attached hydrogen (secondary N) is 1. The van der Waals surface area contributed by atoms with Crippen LogP contribution in [-0.2, 0) is 0 Å². The van der Waals surface area contributed by atoms with Gasteiger partial charge in [0.25, 0.3) is 0 Å². The molecule has 0 radical (unpaired) electrons. The molecule has 4 atom stereocenters. The van der Waals surface area contributed by atoms with E-state index in [-0.39, 0.29) is 12.5 Å². The van der Waals surface area contributed by atoms with Crippen LogP contribution in [0.3, 0.4) is 0 Å². The summed E-state index contributed by atoms with van der Waals surface area (Å²) in [6.45, 7) is 1.40. The van der Waals surface area contributed by atoms with Gasteiger partial charge in [0.15, 0.2) is 0 Å². The zero-order valence-electron chi connectivity index (χ0n) is 16.4. The average molecular weight is 419 g/mol. The highest BCUT2D eigenvalue weighted by Gasteiger charge is 2.53. The number of fused-ring (bicyclic) bond motifs is 1. The molecule has 160 valence electrons. The standard InChI is InChI=1S/C22H24F3N3O2/c23-19(24)7-8-20(25)30-16-5-3-14(4-6-16)21-17-9-11-28(13-18(17)21)22(29)27-15-2-1-10-26-12-15/h1-6,10,12,17-21H,7-9,11,13H2,(H,27,29). The molecule has 1 aromatic heterocycles. The van der Waals surface area contributed by atoms with Crippen molar-refractivity contribution in [2.45, 2.75) is 38.0 Å². The van der Waals surface area contributed by atoms with Crippen molar-refractivity contribution in [2.24, 2.45) is 11.8 Å². The number of hydrogen-bond acceptors (Lipinski definition) is 3. The highest BCUT2D eigenvalue weighted by molar-refractivity contribution is 5.89. The van der Waals surface area contributed by atoms with Crippen LogP contribution < -0.4 is 10.1 Å². The lowest BCUT2D eigenvalue weighted by atomic mass is 10.1. The van der Waals surface area contributed by atoms with Crippen molar-refractivity contribution >= 4 is 11.7 Å². The normalized spacial score (nSPS) is 23.6. The molecule has 0 spiro atoms. The van der Waals surface area contributed by atoms with Gasteiger partial charge in [-0.3, -0.25) is 4.98 Å². The van der Waals surface area contributed by atoms with Crippen LogP contribution in [0.4, 0.5) is 23.7 Å². The number of halogens is 3. The summed E-state index contributed by atoms with van der Waals surface area (Å²) in [5, 5.41) is 2.87. The highest BCUT2D eigenvalue weighted by atomic mass is 19.3. The van der Waals surface area contributed by atoms with Gasteiger partial charge in [-0.05, 0) is 54.0 Å². The molecule has 1 aromatic carbocycles. The summed E-state index contributed by atoms with van der Waals surface area (Å²) in [5.41, 5.74) is 1.81. The molecule has 1 aliphatic carbocycles. The SMILES string of the molecule is O=C(Nc1cccnc1)N1CCC2C(C1)C2c1ccc(OC(F)CCC(F)F)cc1. The monoisotopic (exact) mass is 419 g/mol. The number of hydrogen-bond donors (Lipinski definition) is 1. The second kappa shape index (κ2) is 8.93. The van der Waals surface area contributed by atoms with Crippen molar-refractivity contribution in [1.29, 1.82) is 0 Å². The predicted molar refractivity (Wildman–Crippen MR) is 106 cm³/mol. The van der Waals surface area contributed by atoms with E-state index in [1.54, 1.807) is 36.7 Å². The summed E-state index contributed by atoms with van der Waals surface area (Å²) in [6, 6.07) is 10.6. The van der Waals surface area contributed by atoms with Crippen LogP contribution in [0.5, 0.6) is 5.75 Å². The van der Waals surface area contributed by atoms with Gasteiger partial charge in [-0.1, -0.05) is 12.1 Å². The molecule has 2 aliphatic rings. The largest absolute Gasteiger partial charge is 0.460 e. The summed E-state index contributed by atoms with van der Waals surface area (Å²) >= 11 is 0. The third kappa shape index (κ3) is 4.86. The van der Waals surface area contributed by atoms with Crippen LogP contribution in [0.25, 0.3) is 0 Å². The van der Waals surface area contributed by atoms with E-state index in [9.17, 15) is 18.0 Å². The molecular weight excluding hydrogens is 395 g/mol. The smallest absolute Gasteiger partial charge is 0.321 e. The lowest BCUT2D eigenvalue weighted by molar-refractivity contribution is 0.0346. The number of ether oxygens (including phenoxy) is 1. The summed E-state index contributed by atoms with van der Waals surface area (Å²) in [4.78, 5) is 18.3. The van der Waals surface area contributed by atoms with Crippen molar-refractivity contribution in [3.8, 4) is 5.75 Å². The summed E-state index contributed by atoms with van der Waals surface area (Å²) in [6.07, 6.45) is -0.904. The quantitative estimate of drug-likeness (QED) is 0.682. The predicted octanol–water partition coefficient (Wildman–Crippen LogP) is 5.07. The second-order valence-electron chi connectivity index (χ2n) is 7.83. The van der Waals surface area contributed by atoms with Crippen LogP contribution in [0.2, 0.25) is 0 Å². The number of likely N-dealkylation sites (tertiary alicyclic amines) is 1. The Bertz CT molecular complexity index is 850. The van der Waals surface area contributed by atoms with E-state index < -0.39 is 19.2 Å². The highest BCUT2D eigenvalue weighted by Crippen LogP contribution is 2.58. The maximum atomic E-state index is 13.6. The molecule has 30 heavy (non-hydrogen) atoms. The van der Waals surface area contributed by atoms with E-state index in [0.29, 0.717) is 42.3 Å². The van der Waals surface area contributed by atoms with E-state index in [0.717, 1.165) is 12.0 Å². The fourth-order valence-corrected chi connectivity index (χ4v) is 4.29. The van der Waals surface area contributed by atoms with Crippen LogP contribution >= 0.6 is 0 Å². The molecule has 1 N–H and O–H groups in total. The van der Waals surface area contributed by atoms with Crippen LogP contribution in [0.15, 0.2) is 48.8 Å². The fourth-order valence-electron chi connectivity index (χ4n) is 4.29. The zero-order valence-corrected chi connectivity index (χ0v) is 16.4. The first-order chi connectivity index (χ1) is 14.5. The Balaban J connectivity index is 1.29. The van der Waals surface area contributed by atoms with Crippen molar-refractivity contribution in [3.05, 3.63) is 54.4 Å².